The molecule has 1 fully saturated rings. The molecule has 1 amide bonds. The first-order valence-electron chi connectivity index (χ1n) is 11.1. The highest BCUT2D eigenvalue weighted by Crippen LogP contribution is 2.21. The van der Waals surface area contributed by atoms with E-state index in [0.717, 1.165) is 49.8 Å². The van der Waals surface area contributed by atoms with Gasteiger partial charge in [0, 0.05) is 48.9 Å². The van der Waals surface area contributed by atoms with Crippen LogP contribution in [0.3, 0.4) is 0 Å². The van der Waals surface area contributed by atoms with Gasteiger partial charge in [0.25, 0.3) is 5.91 Å². The summed E-state index contributed by atoms with van der Waals surface area (Å²) in [7, 11) is 0. The minimum absolute atomic E-state index is 0.0355. The molecule has 166 valence electrons. The molecule has 1 aliphatic rings. The molecule has 32 heavy (non-hydrogen) atoms. The molecule has 0 unspecified atom stereocenters. The Hall–Kier alpha value is -3.51. The second-order valence-corrected chi connectivity index (χ2v) is 7.82. The molecule has 1 heterocycles. The molecular weight excluding hydrogens is 400 g/mol. The number of amides is 1. The summed E-state index contributed by atoms with van der Waals surface area (Å²) < 4.78 is 5.63. The Bertz CT molecular complexity index is 983. The molecule has 0 atom stereocenters. The van der Waals surface area contributed by atoms with Gasteiger partial charge in [0.15, 0.2) is 6.61 Å². The number of anilines is 4. The SMILES string of the molecule is CCN1CCN(c2ccc(NC(=O)COc3ccc(Nc4ccccc4)cc3)cc2)CC1. The average Bonchev–Trinajstić information content (AvgIpc) is 2.85. The van der Waals surface area contributed by atoms with Gasteiger partial charge < -0.3 is 25.2 Å². The quantitative estimate of drug-likeness (QED) is 0.547. The van der Waals surface area contributed by atoms with Crippen molar-refractivity contribution in [2.24, 2.45) is 0 Å². The molecule has 0 saturated carbocycles. The zero-order valence-electron chi connectivity index (χ0n) is 18.5. The van der Waals surface area contributed by atoms with E-state index < -0.39 is 0 Å². The number of para-hydroxylation sites is 1. The number of carbonyl (C=O) groups excluding carboxylic acids is 1. The number of benzene rings is 3. The molecule has 0 spiro atoms. The van der Waals surface area contributed by atoms with Crippen molar-refractivity contribution in [1.82, 2.24) is 4.90 Å². The van der Waals surface area contributed by atoms with Gasteiger partial charge in [-0.1, -0.05) is 25.1 Å². The van der Waals surface area contributed by atoms with Gasteiger partial charge in [-0.2, -0.15) is 0 Å². The number of likely N-dealkylation sites (N-methyl/N-ethyl adjacent to an activating group) is 1. The van der Waals surface area contributed by atoms with Gasteiger partial charge in [-0.15, -0.1) is 0 Å². The van der Waals surface area contributed by atoms with Crippen LogP contribution in [0.2, 0.25) is 0 Å². The van der Waals surface area contributed by atoms with Crippen molar-refractivity contribution in [3.05, 3.63) is 78.9 Å². The Morgan fingerprint density at radius 2 is 1.44 bits per heavy atom. The third-order valence-corrected chi connectivity index (χ3v) is 5.62. The second kappa shape index (κ2) is 10.7. The van der Waals surface area contributed by atoms with Crippen LogP contribution in [0.1, 0.15) is 6.92 Å². The molecule has 1 saturated heterocycles. The van der Waals surface area contributed by atoms with E-state index in [4.69, 9.17) is 4.74 Å². The van der Waals surface area contributed by atoms with Crippen LogP contribution < -0.4 is 20.3 Å². The van der Waals surface area contributed by atoms with Gasteiger partial charge in [0.05, 0.1) is 0 Å². The largest absolute Gasteiger partial charge is 0.484 e. The summed E-state index contributed by atoms with van der Waals surface area (Å²) in [5.41, 5.74) is 3.95. The summed E-state index contributed by atoms with van der Waals surface area (Å²) in [4.78, 5) is 17.1. The summed E-state index contributed by atoms with van der Waals surface area (Å²) >= 11 is 0. The van der Waals surface area contributed by atoms with E-state index in [1.165, 1.54) is 5.69 Å². The summed E-state index contributed by atoms with van der Waals surface area (Å²) in [5.74, 6) is 0.473. The monoisotopic (exact) mass is 430 g/mol. The Balaban J connectivity index is 1.22. The van der Waals surface area contributed by atoms with Crippen molar-refractivity contribution in [3.63, 3.8) is 0 Å². The fourth-order valence-electron chi connectivity index (χ4n) is 3.75. The number of piperazine rings is 1. The molecule has 0 bridgehead atoms. The standard InChI is InChI=1S/C26H30N4O2/c1-2-29-16-18-30(19-17-29)24-12-8-23(9-13-24)28-26(31)20-32-25-14-10-22(11-15-25)27-21-6-4-3-5-7-21/h3-15,27H,2,16-20H2,1H3,(H,28,31). The summed E-state index contributed by atoms with van der Waals surface area (Å²) in [5, 5.41) is 6.22. The predicted octanol–water partition coefficient (Wildman–Crippen LogP) is 4.59. The molecule has 0 radical (unpaired) electrons. The summed E-state index contributed by atoms with van der Waals surface area (Å²) in [6.07, 6.45) is 0. The molecule has 3 aromatic rings. The molecule has 4 rings (SSSR count). The predicted molar refractivity (Wildman–Crippen MR) is 131 cm³/mol. The highest BCUT2D eigenvalue weighted by atomic mass is 16.5. The maximum Gasteiger partial charge on any atom is 0.262 e. The van der Waals surface area contributed by atoms with Gasteiger partial charge in [-0.25, -0.2) is 0 Å². The number of ether oxygens (including phenoxy) is 1. The highest BCUT2D eigenvalue weighted by molar-refractivity contribution is 5.92. The molecule has 0 aromatic heterocycles. The van der Waals surface area contributed by atoms with Crippen molar-refractivity contribution < 1.29 is 9.53 Å². The van der Waals surface area contributed by atoms with E-state index in [0.29, 0.717) is 5.75 Å². The van der Waals surface area contributed by atoms with Crippen LogP contribution in [0.25, 0.3) is 0 Å². The smallest absolute Gasteiger partial charge is 0.262 e. The molecule has 1 aliphatic heterocycles. The number of hydrogen-bond donors (Lipinski definition) is 2. The van der Waals surface area contributed by atoms with Crippen molar-refractivity contribution in [1.29, 1.82) is 0 Å². The minimum Gasteiger partial charge on any atom is -0.484 e. The van der Waals surface area contributed by atoms with Gasteiger partial charge in [-0.3, -0.25) is 4.79 Å². The topological polar surface area (TPSA) is 56.8 Å². The van der Waals surface area contributed by atoms with E-state index in [9.17, 15) is 4.79 Å². The highest BCUT2D eigenvalue weighted by Gasteiger charge is 2.15. The van der Waals surface area contributed by atoms with Gasteiger partial charge in [-0.05, 0) is 67.2 Å². The Morgan fingerprint density at radius 3 is 2.09 bits per heavy atom. The maximum absolute atomic E-state index is 12.3. The zero-order valence-corrected chi connectivity index (χ0v) is 18.5. The van der Waals surface area contributed by atoms with Crippen LogP contribution in [0.5, 0.6) is 5.75 Å². The first-order valence-corrected chi connectivity index (χ1v) is 11.1. The van der Waals surface area contributed by atoms with Crippen LogP contribution >= 0.6 is 0 Å². The van der Waals surface area contributed by atoms with Crippen LogP contribution in [0.4, 0.5) is 22.7 Å². The zero-order chi connectivity index (χ0) is 22.2. The lowest BCUT2D eigenvalue weighted by Gasteiger charge is -2.35. The third-order valence-electron chi connectivity index (χ3n) is 5.62. The molecule has 6 heteroatoms. The Labute approximate surface area is 189 Å². The number of nitrogens with zero attached hydrogens (tertiary/aromatic N) is 2. The summed E-state index contributed by atoms with van der Waals surface area (Å²) in [6.45, 7) is 7.53. The number of carbonyl (C=O) groups is 1. The Kier molecular flexibility index (Phi) is 7.25. The lowest BCUT2D eigenvalue weighted by atomic mass is 10.2. The van der Waals surface area contributed by atoms with E-state index in [1.54, 1.807) is 0 Å². The van der Waals surface area contributed by atoms with Crippen LogP contribution in [-0.2, 0) is 4.79 Å². The number of nitrogens with one attached hydrogen (secondary N) is 2. The van der Waals surface area contributed by atoms with Gasteiger partial charge in [0.2, 0.25) is 0 Å². The molecule has 2 N–H and O–H groups in total. The first-order chi connectivity index (χ1) is 15.7. The average molecular weight is 431 g/mol. The third kappa shape index (κ3) is 6.02. The van der Waals surface area contributed by atoms with E-state index >= 15 is 0 Å². The fourth-order valence-corrected chi connectivity index (χ4v) is 3.75. The molecular formula is C26H30N4O2. The molecule has 3 aromatic carbocycles. The van der Waals surface area contributed by atoms with Gasteiger partial charge in [0.1, 0.15) is 5.75 Å². The van der Waals surface area contributed by atoms with Crippen LogP contribution in [0.15, 0.2) is 78.9 Å². The first kappa shape index (κ1) is 21.7. The molecule has 0 aliphatic carbocycles. The minimum atomic E-state index is -0.180. The Morgan fingerprint density at radius 1 is 0.812 bits per heavy atom. The van der Waals surface area contributed by atoms with E-state index in [-0.39, 0.29) is 12.5 Å². The van der Waals surface area contributed by atoms with E-state index in [2.05, 4.69) is 39.5 Å². The second-order valence-electron chi connectivity index (χ2n) is 7.82. The van der Waals surface area contributed by atoms with Gasteiger partial charge >= 0.3 is 0 Å². The van der Waals surface area contributed by atoms with Crippen molar-refractivity contribution in [3.8, 4) is 5.75 Å². The maximum atomic E-state index is 12.3. The lowest BCUT2D eigenvalue weighted by molar-refractivity contribution is -0.118. The van der Waals surface area contributed by atoms with Crippen molar-refractivity contribution in [2.45, 2.75) is 6.92 Å². The fraction of sp³-hybridized carbons (Fsp3) is 0.269. The van der Waals surface area contributed by atoms with Crippen molar-refractivity contribution in [2.75, 3.05) is 54.9 Å². The van der Waals surface area contributed by atoms with Crippen LogP contribution in [-0.4, -0.2) is 50.1 Å². The normalized spacial score (nSPS) is 14.1. The molecule has 6 nitrogen and oxygen atoms in total. The van der Waals surface area contributed by atoms with E-state index in [1.807, 2.05) is 66.7 Å². The van der Waals surface area contributed by atoms with Crippen LogP contribution in [0, 0.1) is 0 Å². The van der Waals surface area contributed by atoms with Crippen molar-refractivity contribution >= 4 is 28.7 Å². The number of rotatable bonds is 8. The summed E-state index contributed by atoms with van der Waals surface area (Å²) in [6, 6.07) is 25.6. The number of hydrogen-bond acceptors (Lipinski definition) is 5. The lowest BCUT2D eigenvalue weighted by Crippen LogP contribution is -2.46.